The van der Waals surface area contributed by atoms with Gasteiger partial charge in [-0.2, -0.15) is 0 Å². The predicted octanol–water partition coefficient (Wildman–Crippen LogP) is 11.7. The number of rotatable bonds is 32. The summed E-state index contributed by atoms with van der Waals surface area (Å²) in [5, 5.41) is 9.53. The molecule has 1 N–H and O–H groups in total. The average molecular weight is 665 g/mol. The van der Waals surface area contributed by atoms with Crippen molar-refractivity contribution in [2.75, 3.05) is 13.2 Å². The molecule has 0 aliphatic carbocycles. The molecule has 0 bridgehead atoms. The van der Waals surface area contributed by atoms with Crippen molar-refractivity contribution in [3.8, 4) is 0 Å². The van der Waals surface area contributed by atoms with Crippen LogP contribution < -0.4 is 0 Å². The molecule has 0 spiro atoms. The third-order valence-corrected chi connectivity index (χ3v) is 7.38. The summed E-state index contributed by atoms with van der Waals surface area (Å²) in [5.41, 5.74) is 0. The van der Waals surface area contributed by atoms with Crippen LogP contribution in [0.1, 0.15) is 142 Å². The Bertz CT molecular complexity index is 979. The number of hydrogen-bond acceptors (Lipinski definition) is 5. The summed E-state index contributed by atoms with van der Waals surface area (Å²) in [4.78, 5) is 24.2. The van der Waals surface area contributed by atoms with Gasteiger partial charge in [0.25, 0.3) is 0 Å². The summed E-state index contributed by atoms with van der Waals surface area (Å²) in [7, 11) is 0. The van der Waals surface area contributed by atoms with Gasteiger partial charge in [0.1, 0.15) is 6.61 Å². The Balaban J connectivity index is 3.77. The molecular formula is C43H68O5. The first-order valence-corrected chi connectivity index (χ1v) is 18.8. The van der Waals surface area contributed by atoms with Crippen LogP contribution in [0.25, 0.3) is 0 Å². The van der Waals surface area contributed by atoms with Crippen LogP contribution >= 0.6 is 0 Å². The van der Waals surface area contributed by atoms with E-state index in [0.29, 0.717) is 12.8 Å². The van der Waals surface area contributed by atoms with Gasteiger partial charge in [0.15, 0.2) is 6.10 Å². The lowest BCUT2D eigenvalue weighted by molar-refractivity contribution is -0.161. The molecular weight excluding hydrogens is 596 g/mol. The van der Waals surface area contributed by atoms with E-state index in [2.05, 4.69) is 98.9 Å². The smallest absolute Gasteiger partial charge is 0.306 e. The third-order valence-electron chi connectivity index (χ3n) is 7.38. The van der Waals surface area contributed by atoms with E-state index < -0.39 is 6.10 Å². The van der Waals surface area contributed by atoms with Gasteiger partial charge in [0, 0.05) is 12.8 Å². The maximum atomic E-state index is 12.1. The molecule has 0 aromatic rings. The Morgan fingerprint density at radius 3 is 1.44 bits per heavy atom. The van der Waals surface area contributed by atoms with Crippen LogP contribution in [0.5, 0.6) is 0 Å². The Labute approximate surface area is 294 Å². The Morgan fingerprint density at radius 1 is 0.500 bits per heavy atom. The third kappa shape index (κ3) is 35.7. The Hall–Kier alpha value is -3.18. The number of aliphatic hydroxyl groups is 1. The fraction of sp³-hybridized carbons (Fsp3) is 0.581. The van der Waals surface area contributed by atoms with Gasteiger partial charge < -0.3 is 14.6 Å². The zero-order valence-electron chi connectivity index (χ0n) is 30.5. The SMILES string of the molecule is CCC=CCC=CCC=CCCCCCCCC(=O)O[C@@H](CO)COC(=O)CCC=CCC=CCC=CCC=CCC=CCCCCC. The average Bonchev–Trinajstić information content (AvgIpc) is 3.09. The molecule has 5 heteroatoms. The van der Waals surface area contributed by atoms with Gasteiger partial charge in [-0.1, -0.05) is 143 Å². The number of unbranched alkanes of at least 4 members (excludes halogenated alkanes) is 8. The fourth-order valence-electron chi connectivity index (χ4n) is 4.55. The summed E-state index contributed by atoms with van der Waals surface area (Å²) < 4.78 is 10.5. The first-order chi connectivity index (χ1) is 23.6. The van der Waals surface area contributed by atoms with Crippen molar-refractivity contribution in [2.24, 2.45) is 0 Å². The number of ether oxygens (including phenoxy) is 2. The lowest BCUT2D eigenvalue weighted by atomic mass is 10.1. The fourth-order valence-corrected chi connectivity index (χ4v) is 4.55. The van der Waals surface area contributed by atoms with Crippen molar-refractivity contribution in [3.63, 3.8) is 0 Å². The quantitative estimate of drug-likeness (QED) is 0.0440. The molecule has 0 aromatic carbocycles. The highest BCUT2D eigenvalue weighted by atomic mass is 16.6. The van der Waals surface area contributed by atoms with E-state index in [1.807, 2.05) is 12.2 Å². The van der Waals surface area contributed by atoms with Crippen LogP contribution in [0.3, 0.4) is 0 Å². The summed E-state index contributed by atoms with van der Waals surface area (Å²) >= 11 is 0. The minimum atomic E-state index is -0.816. The van der Waals surface area contributed by atoms with Crippen molar-refractivity contribution in [2.45, 2.75) is 148 Å². The highest BCUT2D eigenvalue weighted by molar-refractivity contribution is 5.70. The molecule has 0 radical (unpaired) electrons. The second kappa shape index (κ2) is 38.3. The molecule has 5 nitrogen and oxygen atoms in total. The maximum absolute atomic E-state index is 12.1. The van der Waals surface area contributed by atoms with Crippen molar-refractivity contribution in [3.05, 3.63) is 97.2 Å². The van der Waals surface area contributed by atoms with Gasteiger partial charge in [-0.15, -0.1) is 0 Å². The molecule has 0 fully saturated rings. The second-order valence-electron chi connectivity index (χ2n) is 11.9. The normalized spacial score (nSPS) is 13.3. The standard InChI is InChI=1S/C43H68O5/c1-3-5-7-9-11-13-15-17-19-20-21-22-24-25-27-29-31-33-35-37-42(45)47-40-41(39-44)48-43(46)38-36-34-32-30-28-26-23-18-16-14-12-10-8-6-4-2/h6,8,11-14,17-19,21-23,25,27,31,33,41,44H,3-5,7,9-10,15-16,20,24,26,28-30,32,34-40H2,1-2H3/t41-/m0/s1. The van der Waals surface area contributed by atoms with E-state index in [1.165, 1.54) is 25.7 Å². The zero-order chi connectivity index (χ0) is 35.0. The largest absolute Gasteiger partial charge is 0.462 e. The van der Waals surface area contributed by atoms with Gasteiger partial charge in [0.2, 0.25) is 0 Å². The minimum Gasteiger partial charge on any atom is -0.462 e. The van der Waals surface area contributed by atoms with E-state index in [9.17, 15) is 14.7 Å². The van der Waals surface area contributed by atoms with Crippen LogP contribution in [0, 0.1) is 0 Å². The van der Waals surface area contributed by atoms with Crippen LogP contribution in [0.2, 0.25) is 0 Å². The van der Waals surface area contributed by atoms with Gasteiger partial charge in [0.05, 0.1) is 6.61 Å². The maximum Gasteiger partial charge on any atom is 0.306 e. The molecule has 48 heavy (non-hydrogen) atoms. The van der Waals surface area contributed by atoms with E-state index >= 15 is 0 Å². The van der Waals surface area contributed by atoms with E-state index in [0.717, 1.165) is 83.5 Å². The lowest BCUT2D eigenvalue weighted by Gasteiger charge is -2.15. The molecule has 0 unspecified atom stereocenters. The topological polar surface area (TPSA) is 72.8 Å². The predicted molar refractivity (Wildman–Crippen MR) is 205 cm³/mol. The zero-order valence-corrected chi connectivity index (χ0v) is 30.5. The number of hydrogen-bond donors (Lipinski definition) is 1. The van der Waals surface area contributed by atoms with E-state index in [-0.39, 0.29) is 31.6 Å². The number of carbonyl (C=O) groups excluding carboxylic acids is 2. The molecule has 0 heterocycles. The van der Waals surface area contributed by atoms with Crippen molar-refractivity contribution < 1.29 is 24.2 Å². The number of esters is 2. The van der Waals surface area contributed by atoms with Crippen molar-refractivity contribution in [1.82, 2.24) is 0 Å². The molecule has 0 saturated heterocycles. The molecule has 0 saturated carbocycles. The van der Waals surface area contributed by atoms with Gasteiger partial charge in [-0.05, 0) is 83.5 Å². The van der Waals surface area contributed by atoms with E-state index in [4.69, 9.17) is 9.47 Å². The van der Waals surface area contributed by atoms with Crippen molar-refractivity contribution in [1.29, 1.82) is 0 Å². The van der Waals surface area contributed by atoms with Gasteiger partial charge in [-0.25, -0.2) is 0 Å². The lowest BCUT2D eigenvalue weighted by Crippen LogP contribution is -2.28. The number of carbonyl (C=O) groups is 2. The number of aliphatic hydroxyl groups excluding tert-OH is 1. The van der Waals surface area contributed by atoms with Crippen LogP contribution in [-0.2, 0) is 19.1 Å². The minimum absolute atomic E-state index is 0.119. The number of allylic oxidation sites excluding steroid dienone is 16. The first-order valence-electron chi connectivity index (χ1n) is 18.8. The summed E-state index contributed by atoms with van der Waals surface area (Å²) in [6, 6.07) is 0. The molecule has 0 aromatic heterocycles. The van der Waals surface area contributed by atoms with Crippen molar-refractivity contribution >= 4 is 11.9 Å². The Kier molecular flexibility index (Phi) is 35.7. The van der Waals surface area contributed by atoms with Crippen LogP contribution in [0.15, 0.2) is 97.2 Å². The highest BCUT2D eigenvalue weighted by Gasteiger charge is 2.15. The summed E-state index contributed by atoms with van der Waals surface area (Å²) in [6.07, 6.45) is 53.3. The first kappa shape index (κ1) is 44.8. The van der Waals surface area contributed by atoms with Crippen LogP contribution in [-0.4, -0.2) is 36.4 Å². The highest BCUT2D eigenvalue weighted by Crippen LogP contribution is 2.10. The molecule has 1 atom stereocenters. The van der Waals surface area contributed by atoms with E-state index in [1.54, 1.807) is 0 Å². The molecule has 0 amide bonds. The summed E-state index contributed by atoms with van der Waals surface area (Å²) in [6.45, 7) is 3.89. The monoisotopic (exact) mass is 665 g/mol. The van der Waals surface area contributed by atoms with Crippen LogP contribution in [0.4, 0.5) is 0 Å². The molecule has 0 aliphatic rings. The molecule has 0 rings (SSSR count). The van der Waals surface area contributed by atoms with Gasteiger partial charge in [-0.3, -0.25) is 9.59 Å². The molecule has 270 valence electrons. The Morgan fingerprint density at radius 2 is 0.938 bits per heavy atom. The van der Waals surface area contributed by atoms with Gasteiger partial charge >= 0.3 is 11.9 Å². The molecule has 0 aliphatic heterocycles. The second-order valence-corrected chi connectivity index (χ2v) is 11.9. The summed E-state index contributed by atoms with van der Waals surface area (Å²) in [5.74, 6) is -0.718.